The van der Waals surface area contributed by atoms with Crippen LogP contribution in [0, 0.1) is 6.92 Å². The van der Waals surface area contributed by atoms with Crippen molar-refractivity contribution in [2.75, 3.05) is 0 Å². The van der Waals surface area contributed by atoms with Crippen molar-refractivity contribution in [1.82, 2.24) is 4.98 Å². The Bertz CT molecular complexity index is 558. The molecule has 0 aliphatic heterocycles. The van der Waals surface area contributed by atoms with Gasteiger partial charge in [-0.15, -0.1) is 0 Å². The molecule has 0 saturated heterocycles. The molecule has 0 unspecified atom stereocenters. The monoisotopic (exact) mass is 271 g/mol. The third kappa shape index (κ3) is 2.48. The second-order valence-corrected chi connectivity index (χ2v) is 4.23. The van der Waals surface area contributed by atoms with E-state index in [0.717, 1.165) is 17.7 Å². The van der Waals surface area contributed by atoms with Crippen molar-refractivity contribution in [3.05, 3.63) is 52.8 Å². The Kier molecular flexibility index (Phi) is 3.30. The molecule has 18 heavy (non-hydrogen) atoms. The highest BCUT2D eigenvalue weighted by Crippen LogP contribution is 2.34. The highest BCUT2D eigenvalue weighted by molar-refractivity contribution is 6.32. The Morgan fingerprint density at radius 3 is 2.50 bits per heavy atom. The Balaban J connectivity index is 2.59. The molecule has 0 radical (unpaired) electrons. The van der Waals surface area contributed by atoms with Crippen molar-refractivity contribution >= 4 is 11.6 Å². The third-order valence-corrected chi connectivity index (χ3v) is 2.88. The van der Waals surface area contributed by atoms with E-state index in [1.165, 1.54) is 12.3 Å². The Labute approximate surface area is 107 Å². The van der Waals surface area contributed by atoms with Gasteiger partial charge in [0.15, 0.2) is 0 Å². The van der Waals surface area contributed by atoms with Gasteiger partial charge in [0.2, 0.25) is 0 Å². The van der Waals surface area contributed by atoms with E-state index in [1.54, 1.807) is 19.1 Å². The van der Waals surface area contributed by atoms with E-state index in [4.69, 9.17) is 11.6 Å². The second kappa shape index (κ2) is 4.61. The van der Waals surface area contributed by atoms with Gasteiger partial charge in [-0.3, -0.25) is 0 Å². The first-order valence-corrected chi connectivity index (χ1v) is 5.56. The maximum absolute atomic E-state index is 12.6. The number of pyridine rings is 1. The van der Waals surface area contributed by atoms with Gasteiger partial charge < -0.3 is 0 Å². The van der Waals surface area contributed by atoms with Crippen LogP contribution in [0.3, 0.4) is 0 Å². The fraction of sp³-hybridized carbons (Fsp3) is 0.154. The van der Waals surface area contributed by atoms with Gasteiger partial charge in [-0.2, -0.15) is 13.2 Å². The van der Waals surface area contributed by atoms with Gasteiger partial charge in [-0.1, -0.05) is 23.7 Å². The first kappa shape index (κ1) is 12.9. The molecule has 1 aromatic carbocycles. The lowest BCUT2D eigenvalue weighted by Gasteiger charge is -2.11. The molecule has 0 fully saturated rings. The van der Waals surface area contributed by atoms with E-state index in [9.17, 15) is 13.2 Å². The maximum Gasteiger partial charge on any atom is 0.416 e. The van der Waals surface area contributed by atoms with Gasteiger partial charge in [0.05, 0.1) is 5.56 Å². The molecule has 1 nitrogen and oxygen atoms in total. The molecule has 0 spiro atoms. The van der Waals surface area contributed by atoms with E-state index in [-0.39, 0.29) is 5.15 Å². The lowest BCUT2D eigenvalue weighted by Crippen LogP contribution is -2.04. The highest BCUT2D eigenvalue weighted by Gasteiger charge is 2.30. The van der Waals surface area contributed by atoms with Crippen LogP contribution in [-0.2, 0) is 6.18 Å². The Morgan fingerprint density at radius 1 is 1.17 bits per heavy atom. The molecule has 5 heteroatoms. The fourth-order valence-corrected chi connectivity index (χ4v) is 2.04. The number of nitrogens with zero attached hydrogens (tertiary/aromatic N) is 1. The quantitative estimate of drug-likeness (QED) is 0.683. The topological polar surface area (TPSA) is 12.9 Å². The zero-order valence-corrected chi connectivity index (χ0v) is 10.2. The molecular weight excluding hydrogens is 263 g/mol. The van der Waals surface area contributed by atoms with Crippen molar-refractivity contribution < 1.29 is 13.2 Å². The molecule has 94 valence electrons. The second-order valence-electron chi connectivity index (χ2n) is 3.87. The average molecular weight is 272 g/mol. The standard InChI is InChI=1S/C13H9ClF3N/c1-8-5-6-18-12(14)11(8)9-3-2-4-10(7-9)13(15,16)17/h2-7H,1H3. The zero-order valence-electron chi connectivity index (χ0n) is 9.42. The van der Waals surface area contributed by atoms with Crippen LogP contribution in [0.4, 0.5) is 13.2 Å². The molecule has 0 aliphatic rings. The van der Waals surface area contributed by atoms with Gasteiger partial charge in [0, 0.05) is 11.8 Å². The fourth-order valence-electron chi connectivity index (χ4n) is 1.72. The van der Waals surface area contributed by atoms with E-state index in [0.29, 0.717) is 11.1 Å². The summed E-state index contributed by atoms with van der Waals surface area (Å²) in [4.78, 5) is 3.89. The van der Waals surface area contributed by atoms with Crippen molar-refractivity contribution in [3.63, 3.8) is 0 Å². The summed E-state index contributed by atoms with van der Waals surface area (Å²) in [5.41, 5.74) is 1.04. The summed E-state index contributed by atoms with van der Waals surface area (Å²) in [6, 6.07) is 6.77. The third-order valence-electron chi connectivity index (χ3n) is 2.59. The molecule has 1 heterocycles. The van der Waals surface area contributed by atoms with E-state index < -0.39 is 11.7 Å². The van der Waals surface area contributed by atoms with Crippen LogP contribution in [0.15, 0.2) is 36.5 Å². The first-order valence-electron chi connectivity index (χ1n) is 5.18. The van der Waals surface area contributed by atoms with E-state index in [2.05, 4.69) is 4.98 Å². The first-order chi connectivity index (χ1) is 8.39. The predicted octanol–water partition coefficient (Wildman–Crippen LogP) is 4.73. The van der Waals surface area contributed by atoms with Crippen LogP contribution < -0.4 is 0 Å². The number of hydrogen-bond donors (Lipinski definition) is 0. The normalized spacial score (nSPS) is 11.6. The lowest BCUT2D eigenvalue weighted by atomic mass is 10.0. The molecule has 1 aromatic heterocycles. The van der Waals surface area contributed by atoms with Crippen LogP contribution in [0.5, 0.6) is 0 Å². The van der Waals surface area contributed by atoms with Crippen LogP contribution in [0.1, 0.15) is 11.1 Å². The molecule has 2 rings (SSSR count). The molecule has 2 aromatic rings. The molecule has 0 amide bonds. The Hall–Kier alpha value is -1.55. The smallest absolute Gasteiger partial charge is 0.244 e. The van der Waals surface area contributed by atoms with E-state index in [1.807, 2.05) is 0 Å². The van der Waals surface area contributed by atoms with Crippen LogP contribution in [-0.4, -0.2) is 4.98 Å². The number of aryl methyl sites for hydroxylation is 1. The predicted molar refractivity (Wildman–Crippen MR) is 64.4 cm³/mol. The minimum absolute atomic E-state index is 0.203. The van der Waals surface area contributed by atoms with Crippen LogP contribution in [0.25, 0.3) is 11.1 Å². The summed E-state index contributed by atoms with van der Waals surface area (Å²) < 4.78 is 37.9. The van der Waals surface area contributed by atoms with Crippen molar-refractivity contribution in [3.8, 4) is 11.1 Å². The van der Waals surface area contributed by atoms with Crippen molar-refractivity contribution in [1.29, 1.82) is 0 Å². The van der Waals surface area contributed by atoms with Gasteiger partial charge in [0.25, 0.3) is 0 Å². The zero-order chi connectivity index (χ0) is 13.3. The summed E-state index contributed by atoms with van der Waals surface area (Å²) >= 11 is 5.94. The number of alkyl halides is 3. The summed E-state index contributed by atoms with van der Waals surface area (Å²) in [6.07, 6.45) is -2.84. The molecule has 0 N–H and O–H groups in total. The highest BCUT2D eigenvalue weighted by atomic mass is 35.5. The molecule has 0 saturated carbocycles. The van der Waals surface area contributed by atoms with Gasteiger partial charge in [-0.25, -0.2) is 4.98 Å². The number of halogens is 4. The lowest BCUT2D eigenvalue weighted by molar-refractivity contribution is -0.137. The number of aromatic nitrogens is 1. The summed E-state index contributed by atoms with van der Waals surface area (Å²) in [6.45, 7) is 1.78. The number of hydrogen-bond acceptors (Lipinski definition) is 1. The summed E-state index contributed by atoms with van der Waals surface area (Å²) in [5, 5.41) is 0.203. The van der Waals surface area contributed by atoms with Crippen LogP contribution >= 0.6 is 11.6 Å². The summed E-state index contributed by atoms with van der Waals surface area (Å²) in [7, 11) is 0. The van der Waals surface area contributed by atoms with Gasteiger partial charge in [-0.05, 0) is 36.2 Å². The van der Waals surface area contributed by atoms with Gasteiger partial charge in [0.1, 0.15) is 5.15 Å². The van der Waals surface area contributed by atoms with Gasteiger partial charge >= 0.3 is 6.18 Å². The number of rotatable bonds is 1. The largest absolute Gasteiger partial charge is 0.416 e. The molecule has 0 atom stereocenters. The van der Waals surface area contributed by atoms with Crippen molar-refractivity contribution in [2.24, 2.45) is 0 Å². The average Bonchev–Trinajstić information content (AvgIpc) is 2.28. The van der Waals surface area contributed by atoms with Crippen molar-refractivity contribution in [2.45, 2.75) is 13.1 Å². The molecular formula is C13H9ClF3N. The minimum atomic E-state index is -4.36. The maximum atomic E-state index is 12.6. The Morgan fingerprint density at radius 2 is 1.89 bits per heavy atom. The number of benzene rings is 1. The van der Waals surface area contributed by atoms with Crippen LogP contribution in [0.2, 0.25) is 5.15 Å². The van der Waals surface area contributed by atoms with E-state index >= 15 is 0 Å². The minimum Gasteiger partial charge on any atom is -0.244 e. The SMILES string of the molecule is Cc1ccnc(Cl)c1-c1cccc(C(F)(F)F)c1. The molecule has 0 bridgehead atoms. The summed E-state index contributed by atoms with van der Waals surface area (Å²) in [5.74, 6) is 0. The molecule has 0 aliphatic carbocycles.